The van der Waals surface area contributed by atoms with Gasteiger partial charge in [-0.25, -0.2) is 0 Å². The minimum atomic E-state index is -2.60. The van der Waals surface area contributed by atoms with Crippen molar-refractivity contribution in [3.05, 3.63) is 47.2 Å². The number of nitrogens with zero attached hydrogens (tertiary/aromatic N) is 2. The van der Waals surface area contributed by atoms with Gasteiger partial charge in [-0.15, -0.1) is 0 Å². The molecule has 10 heteroatoms. The number of Topliss-reactive ketones (excluding diaryl/α,β-unsaturated/α-hetero) is 2. The van der Waals surface area contributed by atoms with Gasteiger partial charge >= 0.3 is 0 Å². The number of anilines is 1. The number of rotatable bonds is 3. The molecule has 0 spiro atoms. The normalized spacial score (nSPS) is 29.3. The Morgan fingerprint density at radius 2 is 1.92 bits per heavy atom. The third-order valence-corrected chi connectivity index (χ3v) is 7.79. The Hall–Kier alpha value is -3.76. The van der Waals surface area contributed by atoms with E-state index >= 15 is 0 Å². The number of nitrogens with two attached hydrogens (primary N) is 1. The zero-order chi connectivity index (χ0) is 26.1. The zero-order valence-electron chi connectivity index (χ0n) is 19.8. The van der Waals surface area contributed by atoms with Crippen LogP contribution < -0.4 is 10.6 Å². The molecule has 1 amide bonds. The van der Waals surface area contributed by atoms with Crippen molar-refractivity contribution in [1.82, 2.24) is 4.98 Å². The van der Waals surface area contributed by atoms with Crippen molar-refractivity contribution in [2.24, 2.45) is 23.5 Å². The lowest BCUT2D eigenvalue weighted by Crippen LogP contribution is -2.66. The molecule has 188 valence electrons. The highest BCUT2D eigenvalue weighted by atomic mass is 16.3. The molecular weight excluding hydrogens is 466 g/mol. The lowest BCUT2D eigenvalue weighted by Gasteiger charge is -2.48. The molecule has 1 aromatic heterocycles. The fourth-order valence-corrected chi connectivity index (χ4v) is 6.07. The van der Waals surface area contributed by atoms with Crippen LogP contribution in [0.5, 0.6) is 5.75 Å². The van der Waals surface area contributed by atoms with Gasteiger partial charge in [0.1, 0.15) is 17.4 Å². The van der Waals surface area contributed by atoms with Gasteiger partial charge in [0.15, 0.2) is 11.4 Å². The summed E-state index contributed by atoms with van der Waals surface area (Å²) < 4.78 is 0. The number of amides is 1. The second-order valence-electron chi connectivity index (χ2n) is 9.99. The Bertz CT molecular complexity index is 1340. The third kappa shape index (κ3) is 3.17. The molecule has 2 unspecified atom stereocenters. The fourth-order valence-electron chi connectivity index (χ4n) is 6.07. The largest absolute Gasteiger partial charge is 0.507 e. The SMILES string of the molecule is CN(C)c1cc(-c2ccccn2)c2c(c1O)C(O)=C1C(=O)[C@]3(O)C(=O)C(C(N)=O)C(O)C[C@@H]3C[C@@H]1C2. The molecular formula is C26H27N3O7. The van der Waals surface area contributed by atoms with Gasteiger partial charge in [-0.2, -0.15) is 0 Å². The van der Waals surface area contributed by atoms with Crippen molar-refractivity contribution in [2.45, 2.75) is 31.0 Å². The summed E-state index contributed by atoms with van der Waals surface area (Å²) in [5, 5.41) is 44.3. The van der Waals surface area contributed by atoms with Crippen LogP contribution in [0.15, 0.2) is 36.0 Å². The molecule has 1 aromatic carbocycles. The number of aromatic nitrogens is 1. The number of hydrogen-bond acceptors (Lipinski definition) is 9. The van der Waals surface area contributed by atoms with E-state index < -0.39 is 52.7 Å². The Kier molecular flexibility index (Phi) is 5.42. The first-order valence-corrected chi connectivity index (χ1v) is 11.7. The first-order chi connectivity index (χ1) is 17.0. The standard InChI is InChI=1S/C26H27N3O7/c1-29(2)16-10-13(15-5-3-4-6-28-15)14-8-11-7-12-9-17(30)20(25(27)35)24(34)26(12,36)23(33)18(11)22(32)19(14)21(16)31/h3-6,10-12,17,20,30-32,36H,7-9H2,1-2H3,(H2,27,35)/t11-,12+,17?,20?,26+/m1/s1. The van der Waals surface area contributed by atoms with Crippen LogP contribution in [0, 0.1) is 17.8 Å². The van der Waals surface area contributed by atoms with Gasteiger partial charge in [-0.3, -0.25) is 19.4 Å². The highest BCUT2D eigenvalue weighted by Gasteiger charge is 2.64. The maximum atomic E-state index is 13.7. The molecule has 0 aliphatic heterocycles. The number of aliphatic hydroxyl groups is 3. The summed E-state index contributed by atoms with van der Waals surface area (Å²) in [5.74, 6) is -7.36. The van der Waals surface area contributed by atoms with Crippen molar-refractivity contribution in [1.29, 1.82) is 0 Å². The van der Waals surface area contributed by atoms with E-state index in [4.69, 9.17) is 5.73 Å². The lowest BCUT2D eigenvalue weighted by atomic mass is 9.56. The van der Waals surface area contributed by atoms with E-state index in [1.807, 2.05) is 6.07 Å². The van der Waals surface area contributed by atoms with E-state index in [9.17, 15) is 34.8 Å². The fraction of sp³-hybridized carbons (Fsp3) is 0.385. The van der Waals surface area contributed by atoms with Crippen molar-refractivity contribution in [3.63, 3.8) is 0 Å². The number of ketones is 2. The molecule has 36 heavy (non-hydrogen) atoms. The van der Waals surface area contributed by atoms with Crippen LogP contribution in [-0.4, -0.2) is 68.7 Å². The summed E-state index contributed by atoms with van der Waals surface area (Å²) in [6.07, 6.45) is 0.370. The predicted octanol–water partition coefficient (Wildman–Crippen LogP) is 0.717. The molecule has 0 saturated heterocycles. The summed E-state index contributed by atoms with van der Waals surface area (Å²) in [6, 6.07) is 7.15. The topological polar surface area (TPSA) is 174 Å². The number of hydrogen-bond donors (Lipinski definition) is 5. The van der Waals surface area contributed by atoms with Crippen molar-refractivity contribution in [3.8, 4) is 17.0 Å². The van der Waals surface area contributed by atoms with Gasteiger partial charge in [0.2, 0.25) is 11.7 Å². The first-order valence-electron chi connectivity index (χ1n) is 11.7. The molecule has 10 nitrogen and oxygen atoms in total. The lowest BCUT2D eigenvalue weighted by molar-refractivity contribution is -0.174. The maximum Gasteiger partial charge on any atom is 0.230 e. The molecule has 3 aliphatic carbocycles. The summed E-state index contributed by atoms with van der Waals surface area (Å²) >= 11 is 0. The van der Waals surface area contributed by atoms with Crippen LogP contribution in [0.4, 0.5) is 5.69 Å². The van der Waals surface area contributed by atoms with Crippen LogP contribution in [0.25, 0.3) is 17.0 Å². The molecule has 0 radical (unpaired) electrons. The van der Waals surface area contributed by atoms with Gasteiger partial charge in [-0.05, 0) is 48.9 Å². The Balaban J connectivity index is 1.73. The number of carbonyl (C=O) groups is 3. The molecule has 1 heterocycles. The van der Waals surface area contributed by atoms with Crippen LogP contribution in [0.3, 0.4) is 0 Å². The average Bonchev–Trinajstić information content (AvgIpc) is 2.81. The van der Waals surface area contributed by atoms with Crippen molar-refractivity contribution < 1.29 is 34.8 Å². The van der Waals surface area contributed by atoms with Crippen LogP contribution in [-0.2, 0) is 20.8 Å². The highest BCUT2D eigenvalue weighted by Crippen LogP contribution is 2.53. The van der Waals surface area contributed by atoms with Gasteiger partial charge in [0.25, 0.3) is 0 Å². The molecule has 2 fully saturated rings. The summed E-state index contributed by atoms with van der Waals surface area (Å²) in [7, 11) is 3.43. The third-order valence-electron chi connectivity index (χ3n) is 7.79. The number of carbonyl (C=O) groups excluding carboxylic acids is 3. The molecule has 2 saturated carbocycles. The minimum Gasteiger partial charge on any atom is -0.507 e. The quantitative estimate of drug-likeness (QED) is 0.386. The first kappa shape index (κ1) is 24.0. The number of aromatic hydroxyl groups is 1. The van der Waals surface area contributed by atoms with Crippen molar-refractivity contribution >= 4 is 28.9 Å². The van der Waals surface area contributed by atoms with E-state index in [1.165, 1.54) is 0 Å². The van der Waals surface area contributed by atoms with Crippen LogP contribution in [0.2, 0.25) is 0 Å². The molecule has 3 aliphatic rings. The van der Waals surface area contributed by atoms with Crippen LogP contribution >= 0.6 is 0 Å². The molecule has 0 bridgehead atoms. The number of phenols is 1. The van der Waals surface area contributed by atoms with Gasteiger partial charge in [0.05, 0.1) is 23.0 Å². The van der Waals surface area contributed by atoms with Gasteiger partial charge in [0, 0.05) is 37.3 Å². The number of benzene rings is 1. The monoisotopic (exact) mass is 493 g/mol. The van der Waals surface area contributed by atoms with Crippen molar-refractivity contribution in [2.75, 3.05) is 19.0 Å². The Labute approximate surface area is 206 Å². The second-order valence-corrected chi connectivity index (χ2v) is 9.99. The van der Waals surface area contributed by atoms with E-state index in [0.29, 0.717) is 22.5 Å². The predicted molar refractivity (Wildman–Crippen MR) is 129 cm³/mol. The van der Waals surface area contributed by atoms with E-state index in [0.717, 1.165) is 0 Å². The highest BCUT2D eigenvalue weighted by molar-refractivity contribution is 6.24. The van der Waals surface area contributed by atoms with E-state index in [1.54, 1.807) is 43.4 Å². The van der Waals surface area contributed by atoms with E-state index in [-0.39, 0.29) is 36.1 Å². The smallest absolute Gasteiger partial charge is 0.230 e. The number of aliphatic hydroxyl groups excluding tert-OH is 2. The Morgan fingerprint density at radius 1 is 1.19 bits per heavy atom. The zero-order valence-corrected chi connectivity index (χ0v) is 19.8. The van der Waals surface area contributed by atoms with Gasteiger partial charge in [-0.1, -0.05) is 6.07 Å². The van der Waals surface area contributed by atoms with E-state index in [2.05, 4.69) is 4.98 Å². The van der Waals surface area contributed by atoms with Gasteiger partial charge < -0.3 is 31.1 Å². The van der Waals surface area contributed by atoms with Crippen LogP contribution in [0.1, 0.15) is 24.0 Å². The summed E-state index contributed by atoms with van der Waals surface area (Å²) in [5.41, 5.74) is 4.79. The maximum absolute atomic E-state index is 13.7. The second kappa shape index (κ2) is 8.14. The molecule has 6 N–H and O–H groups in total. The number of pyridine rings is 1. The number of primary amides is 1. The number of phenolic OH excluding ortho intramolecular Hbond substituents is 1. The summed E-state index contributed by atoms with van der Waals surface area (Å²) in [6.45, 7) is 0. The Morgan fingerprint density at radius 3 is 2.53 bits per heavy atom. The molecule has 2 aromatic rings. The average molecular weight is 494 g/mol. The number of fused-ring (bicyclic) bond motifs is 3. The summed E-state index contributed by atoms with van der Waals surface area (Å²) in [4.78, 5) is 44.7. The minimum absolute atomic E-state index is 0.0400. The molecule has 5 rings (SSSR count). The molecule has 5 atom stereocenters.